The van der Waals surface area contributed by atoms with Gasteiger partial charge in [0.1, 0.15) is 18.4 Å². The van der Waals surface area contributed by atoms with Gasteiger partial charge in [0.15, 0.2) is 14.5 Å². The van der Waals surface area contributed by atoms with Crippen molar-refractivity contribution in [3.8, 4) is 5.75 Å². The number of ether oxygens (including phenoxy) is 1. The Morgan fingerprint density at radius 2 is 2.15 bits per heavy atom. The summed E-state index contributed by atoms with van der Waals surface area (Å²) in [6.45, 7) is 0.207. The van der Waals surface area contributed by atoms with Gasteiger partial charge in [0, 0.05) is 6.54 Å². The van der Waals surface area contributed by atoms with Crippen LogP contribution in [0.25, 0.3) is 10.2 Å². The third-order valence-corrected chi connectivity index (χ3v) is 5.49. The number of H-pyrrole nitrogens is 1. The van der Waals surface area contributed by atoms with Gasteiger partial charge in [0.2, 0.25) is 5.82 Å². The Morgan fingerprint density at radius 1 is 1.33 bits per heavy atom. The van der Waals surface area contributed by atoms with Crippen molar-refractivity contribution in [1.82, 2.24) is 15.3 Å². The van der Waals surface area contributed by atoms with E-state index in [-0.39, 0.29) is 30.4 Å². The van der Waals surface area contributed by atoms with Crippen LogP contribution in [0, 0.1) is 0 Å². The molecule has 1 aliphatic heterocycles. The van der Waals surface area contributed by atoms with Crippen molar-refractivity contribution >= 4 is 65.0 Å². The Bertz CT molecular complexity index is 1160. The van der Waals surface area contributed by atoms with E-state index in [2.05, 4.69) is 20.6 Å². The molecule has 1 aliphatic rings. The second-order valence-electron chi connectivity index (χ2n) is 6.23. The Balaban J connectivity index is 1.53. The van der Waals surface area contributed by atoms with Crippen molar-refractivity contribution < 1.29 is 14.3 Å². The highest BCUT2D eigenvalue weighted by Gasteiger charge is 2.17. The second-order valence-corrected chi connectivity index (χ2v) is 7.43. The minimum atomic E-state index is -0.476. The van der Waals surface area contributed by atoms with E-state index in [1.54, 1.807) is 18.2 Å². The monoisotopic (exact) mass is 380 g/mol. The molecule has 2 amide bonds. The van der Waals surface area contributed by atoms with E-state index in [9.17, 15) is 14.4 Å². The first kappa shape index (κ1) is 17.3. The molecule has 0 unspecified atom stereocenters. The Labute approximate surface area is 159 Å². The van der Waals surface area contributed by atoms with Gasteiger partial charge in [0.25, 0.3) is 17.4 Å². The third kappa shape index (κ3) is 3.21. The molecule has 0 radical (unpaired) electrons. The van der Waals surface area contributed by atoms with E-state index in [0.717, 1.165) is 15.8 Å². The number of hydrogen-bond acceptors (Lipinski definition) is 6. The van der Waals surface area contributed by atoms with Crippen molar-refractivity contribution in [3.05, 3.63) is 39.9 Å². The van der Waals surface area contributed by atoms with E-state index in [0.29, 0.717) is 21.7 Å². The summed E-state index contributed by atoms with van der Waals surface area (Å²) in [5, 5.41) is 5.97. The quantitative estimate of drug-likeness (QED) is 0.445. The Hall–Kier alpha value is -3.07. The fraction of sp³-hybridized carbons (Fsp3) is 0.125. The van der Waals surface area contributed by atoms with Crippen LogP contribution in [-0.2, 0) is 11.3 Å². The number of nitrogens with zero attached hydrogens (tertiary/aromatic N) is 1. The summed E-state index contributed by atoms with van der Waals surface area (Å²) in [6, 6.07) is 5.26. The third-order valence-electron chi connectivity index (χ3n) is 4.38. The molecule has 3 heterocycles. The van der Waals surface area contributed by atoms with E-state index in [1.807, 2.05) is 15.7 Å². The fourth-order valence-corrected chi connectivity index (χ4v) is 3.90. The highest BCUT2D eigenvalue weighted by molar-refractivity contribution is 7.27. The Morgan fingerprint density at radius 3 is 2.96 bits per heavy atom. The van der Waals surface area contributed by atoms with E-state index in [1.165, 1.54) is 11.3 Å². The number of carbonyl (C=O) groups excluding carboxylic acids is 2. The maximum atomic E-state index is 12.4. The van der Waals surface area contributed by atoms with Gasteiger partial charge in [-0.2, -0.15) is 0 Å². The summed E-state index contributed by atoms with van der Waals surface area (Å²) < 4.78 is 6.30. The number of anilines is 1. The lowest BCUT2D eigenvalue weighted by atomic mass is 9.87. The van der Waals surface area contributed by atoms with Crippen molar-refractivity contribution in [2.75, 3.05) is 11.9 Å². The average molecular weight is 380 g/mol. The summed E-state index contributed by atoms with van der Waals surface area (Å²) in [5.74, 6) is -0.135. The molecular weight excluding hydrogens is 366 g/mol. The van der Waals surface area contributed by atoms with Crippen LogP contribution in [0.5, 0.6) is 5.75 Å². The smallest absolute Gasteiger partial charge is 0.287 e. The molecule has 0 saturated carbocycles. The normalized spacial score (nSPS) is 13.0. The summed E-state index contributed by atoms with van der Waals surface area (Å²) in [5.41, 5.74) is 1.91. The van der Waals surface area contributed by atoms with Crippen LogP contribution in [0.4, 0.5) is 5.69 Å². The Kier molecular flexibility index (Phi) is 4.23. The van der Waals surface area contributed by atoms with Crippen molar-refractivity contribution in [2.24, 2.45) is 0 Å². The summed E-state index contributed by atoms with van der Waals surface area (Å²) in [6.07, 6.45) is 0. The molecule has 0 spiro atoms. The molecule has 1 aromatic carbocycles. The molecule has 134 valence electrons. The zero-order valence-electron chi connectivity index (χ0n) is 14.6. The topological polar surface area (TPSA) is 113 Å². The predicted octanol–water partition coefficient (Wildman–Crippen LogP) is -2.24. The molecular formula is C16H14B2N4O4S. The van der Waals surface area contributed by atoms with Crippen LogP contribution in [-0.4, -0.2) is 44.1 Å². The standard InChI is InChI=1S/C16H14B2N4O4S/c17-11-10-14(24)21-13(22-16(10)27-12(11)18)15(25)19-4-6-1-2-8-7(3-6)20-9(23)5-26-8/h1-3H,4-5,17-18H2,(H,19,25)(H,20,23)(H,21,22,24). The van der Waals surface area contributed by atoms with Gasteiger partial charge < -0.3 is 20.4 Å². The van der Waals surface area contributed by atoms with Gasteiger partial charge in [0.05, 0.1) is 11.1 Å². The number of aromatic nitrogens is 2. The van der Waals surface area contributed by atoms with Gasteiger partial charge in [-0.05, 0) is 22.5 Å². The molecule has 8 nitrogen and oxygen atoms in total. The minimum Gasteiger partial charge on any atom is -0.482 e. The predicted molar refractivity (Wildman–Crippen MR) is 108 cm³/mol. The first-order valence-corrected chi connectivity index (χ1v) is 9.08. The minimum absolute atomic E-state index is 0.00768. The SMILES string of the molecule is Bc1sc2nc(C(=O)NCc3ccc4c(c3)NC(=O)CO4)[nH]c(=O)c2c1B. The lowest BCUT2D eigenvalue weighted by Gasteiger charge is -2.18. The molecule has 2 aromatic heterocycles. The van der Waals surface area contributed by atoms with Gasteiger partial charge in [-0.3, -0.25) is 14.4 Å². The van der Waals surface area contributed by atoms with E-state index < -0.39 is 5.91 Å². The van der Waals surface area contributed by atoms with Crippen LogP contribution < -0.4 is 31.2 Å². The number of nitrogens with one attached hydrogen (secondary N) is 3. The maximum absolute atomic E-state index is 12.4. The lowest BCUT2D eigenvalue weighted by Crippen LogP contribution is -2.29. The van der Waals surface area contributed by atoms with Crippen LogP contribution in [0.1, 0.15) is 16.2 Å². The largest absolute Gasteiger partial charge is 0.482 e. The summed E-state index contributed by atoms with van der Waals surface area (Å²) in [7, 11) is 3.78. The zero-order valence-corrected chi connectivity index (χ0v) is 15.5. The molecule has 0 aliphatic carbocycles. The molecule has 27 heavy (non-hydrogen) atoms. The van der Waals surface area contributed by atoms with E-state index in [4.69, 9.17) is 4.74 Å². The fourth-order valence-electron chi connectivity index (χ4n) is 2.87. The molecule has 3 N–H and O–H groups in total. The zero-order chi connectivity index (χ0) is 19.1. The van der Waals surface area contributed by atoms with Gasteiger partial charge >= 0.3 is 0 Å². The number of thiophene rings is 1. The number of amides is 2. The first-order valence-electron chi connectivity index (χ1n) is 8.26. The van der Waals surface area contributed by atoms with Gasteiger partial charge in [-0.25, -0.2) is 4.98 Å². The summed E-state index contributed by atoms with van der Waals surface area (Å²) >= 11 is 1.39. The maximum Gasteiger partial charge on any atom is 0.287 e. The van der Waals surface area contributed by atoms with Crippen molar-refractivity contribution in [1.29, 1.82) is 0 Å². The number of hydrogen-bond donors (Lipinski definition) is 3. The number of benzene rings is 1. The number of aromatic amines is 1. The van der Waals surface area contributed by atoms with Crippen LogP contribution in [0.2, 0.25) is 0 Å². The van der Waals surface area contributed by atoms with Crippen LogP contribution in [0.3, 0.4) is 0 Å². The molecule has 3 aromatic rings. The van der Waals surface area contributed by atoms with Crippen LogP contribution >= 0.6 is 11.3 Å². The highest BCUT2D eigenvalue weighted by Crippen LogP contribution is 2.28. The molecule has 11 heteroatoms. The molecule has 4 rings (SSSR count). The number of carbonyl (C=O) groups is 2. The highest BCUT2D eigenvalue weighted by atomic mass is 32.1. The summed E-state index contributed by atoms with van der Waals surface area (Å²) in [4.78, 5) is 43.5. The first-order chi connectivity index (χ1) is 12.9. The molecule has 0 atom stereocenters. The molecule has 0 saturated heterocycles. The number of fused-ring (bicyclic) bond motifs is 2. The lowest BCUT2D eigenvalue weighted by molar-refractivity contribution is -0.118. The van der Waals surface area contributed by atoms with Gasteiger partial charge in [-0.15, -0.1) is 11.3 Å². The second kappa shape index (κ2) is 6.58. The van der Waals surface area contributed by atoms with Gasteiger partial charge in [-0.1, -0.05) is 11.5 Å². The molecule has 0 fully saturated rings. The van der Waals surface area contributed by atoms with E-state index >= 15 is 0 Å². The van der Waals surface area contributed by atoms with Crippen molar-refractivity contribution in [3.63, 3.8) is 0 Å². The van der Waals surface area contributed by atoms with Crippen molar-refractivity contribution in [2.45, 2.75) is 6.54 Å². The number of rotatable bonds is 3. The van der Waals surface area contributed by atoms with Crippen LogP contribution in [0.15, 0.2) is 23.0 Å². The average Bonchev–Trinajstić information content (AvgIpc) is 2.93. The molecule has 0 bridgehead atoms.